The number of carbonyl (C=O) groups is 2. The summed E-state index contributed by atoms with van der Waals surface area (Å²) >= 11 is 0. The second kappa shape index (κ2) is 9.39. The van der Waals surface area contributed by atoms with Crippen LogP contribution in [0.25, 0.3) is 5.69 Å². The Hall–Kier alpha value is -3.40. The molecule has 1 amide bonds. The molecule has 1 aliphatic rings. The van der Waals surface area contributed by atoms with Crippen molar-refractivity contribution in [1.29, 1.82) is 0 Å². The van der Waals surface area contributed by atoms with Crippen LogP contribution in [0.5, 0.6) is 0 Å². The van der Waals surface area contributed by atoms with Gasteiger partial charge in [-0.2, -0.15) is 0 Å². The predicted molar refractivity (Wildman–Crippen MR) is 115 cm³/mol. The van der Waals surface area contributed by atoms with E-state index in [2.05, 4.69) is 10.3 Å². The van der Waals surface area contributed by atoms with Crippen LogP contribution in [-0.2, 0) is 38.5 Å². The van der Waals surface area contributed by atoms with E-state index in [0.717, 1.165) is 4.57 Å². The molecule has 1 aliphatic heterocycles. The van der Waals surface area contributed by atoms with Gasteiger partial charge in [0.15, 0.2) is 0 Å². The number of esters is 1. The Balaban J connectivity index is 1.81. The average Bonchev–Trinajstić information content (AvgIpc) is 2.72. The van der Waals surface area contributed by atoms with Gasteiger partial charge in [-0.25, -0.2) is 19.0 Å². The number of aromatic amines is 1. The van der Waals surface area contributed by atoms with E-state index in [1.807, 2.05) is 0 Å². The summed E-state index contributed by atoms with van der Waals surface area (Å²) in [5.41, 5.74) is 0.444. The van der Waals surface area contributed by atoms with Crippen LogP contribution in [0.1, 0.15) is 37.6 Å². The minimum Gasteiger partial charge on any atom is -0.467 e. The van der Waals surface area contributed by atoms with E-state index >= 15 is 0 Å². The van der Waals surface area contributed by atoms with E-state index in [9.17, 15) is 19.2 Å². The van der Waals surface area contributed by atoms with Gasteiger partial charge in [0.2, 0.25) is 0 Å². The fraction of sp³-hybridized carbons (Fsp3) is 0.455. The van der Waals surface area contributed by atoms with Crippen molar-refractivity contribution in [1.82, 2.24) is 14.9 Å². The van der Waals surface area contributed by atoms with Crippen LogP contribution < -0.4 is 16.6 Å². The molecule has 0 aliphatic carbocycles. The minimum atomic E-state index is -0.965. The maximum absolute atomic E-state index is 12.8. The smallest absolute Gasteiger partial charge is 0.408 e. The Kier molecular flexibility index (Phi) is 6.83. The molecule has 0 saturated carbocycles. The van der Waals surface area contributed by atoms with Gasteiger partial charge in [0.05, 0.1) is 31.6 Å². The maximum atomic E-state index is 12.8. The Labute approximate surface area is 184 Å². The van der Waals surface area contributed by atoms with Crippen LogP contribution in [0.15, 0.2) is 33.9 Å². The number of hydrogen-bond acceptors (Lipinski definition) is 7. The van der Waals surface area contributed by atoms with Gasteiger partial charge in [-0.3, -0.25) is 4.79 Å². The summed E-state index contributed by atoms with van der Waals surface area (Å²) in [7, 11) is 1.23. The van der Waals surface area contributed by atoms with Gasteiger partial charge in [-0.1, -0.05) is 12.1 Å². The first-order valence-electron chi connectivity index (χ1n) is 10.2. The van der Waals surface area contributed by atoms with Gasteiger partial charge in [0, 0.05) is 18.5 Å². The van der Waals surface area contributed by atoms with Crippen molar-refractivity contribution in [3.05, 3.63) is 61.9 Å². The SMILES string of the molecule is COC(=O)[C@H](Cc1ccc(-n2c(=O)[nH]c3c(c2=O)COCC3)cc1)NC(=O)OC(C)(C)C. The number of rotatable bonds is 5. The number of nitrogens with one attached hydrogen (secondary N) is 2. The van der Waals surface area contributed by atoms with Crippen LogP contribution in [0.3, 0.4) is 0 Å². The number of hydrogen-bond donors (Lipinski definition) is 2. The zero-order chi connectivity index (χ0) is 23.5. The van der Waals surface area contributed by atoms with E-state index in [1.165, 1.54) is 7.11 Å². The molecule has 0 bridgehead atoms. The van der Waals surface area contributed by atoms with E-state index in [-0.39, 0.29) is 13.0 Å². The number of ether oxygens (including phenoxy) is 3. The molecular weight excluding hydrogens is 418 g/mol. The maximum Gasteiger partial charge on any atom is 0.408 e. The highest BCUT2D eigenvalue weighted by Crippen LogP contribution is 2.13. The molecule has 0 fully saturated rings. The summed E-state index contributed by atoms with van der Waals surface area (Å²) in [6.07, 6.45) is -0.117. The normalized spacial score (nSPS) is 14.2. The second-order valence-corrected chi connectivity index (χ2v) is 8.42. The van der Waals surface area contributed by atoms with Crippen LogP contribution in [0, 0.1) is 0 Å². The fourth-order valence-corrected chi connectivity index (χ4v) is 3.36. The Bertz CT molecular complexity index is 1110. The molecule has 2 aromatic rings. The highest BCUT2D eigenvalue weighted by Gasteiger charge is 2.25. The lowest BCUT2D eigenvalue weighted by atomic mass is 10.1. The van der Waals surface area contributed by atoms with Gasteiger partial charge >= 0.3 is 17.8 Å². The Morgan fingerprint density at radius 2 is 1.91 bits per heavy atom. The van der Waals surface area contributed by atoms with Gasteiger partial charge in [-0.05, 0) is 38.5 Å². The summed E-state index contributed by atoms with van der Waals surface area (Å²) in [5.74, 6) is -0.623. The van der Waals surface area contributed by atoms with Crippen molar-refractivity contribution in [2.24, 2.45) is 0 Å². The highest BCUT2D eigenvalue weighted by atomic mass is 16.6. The van der Waals surface area contributed by atoms with Gasteiger partial charge in [0.1, 0.15) is 11.6 Å². The van der Waals surface area contributed by atoms with Crippen molar-refractivity contribution < 1.29 is 23.8 Å². The highest BCUT2D eigenvalue weighted by molar-refractivity contribution is 5.81. The third kappa shape index (κ3) is 5.44. The molecule has 10 heteroatoms. The van der Waals surface area contributed by atoms with Crippen LogP contribution in [0.4, 0.5) is 4.79 Å². The van der Waals surface area contributed by atoms with Crippen molar-refractivity contribution >= 4 is 12.1 Å². The van der Waals surface area contributed by atoms with Crippen LogP contribution in [-0.4, -0.2) is 47.0 Å². The van der Waals surface area contributed by atoms with Crippen molar-refractivity contribution in [2.45, 2.75) is 51.9 Å². The molecule has 32 heavy (non-hydrogen) atoms. The van der Waals surface area contributed by atoms with Crippen molar-refractivity contribution in [3.63, 3.8) is 0 Å². The molecular formula is C22H27N3O7. The predicted octanol–water partition coefficient (Wildman–Crippen LogP) is 1.21. The summed E-state index contributed by atoms with van der Waals surface area (Å²) in [6.45, 7) is 5.76. The first-order chi connectivity index (χ1) is 15.1. The number of benzene rings is 1. The number of methoxy groups -OCH3 is 1. The fourth-order valence-electron chi connectivity index (χ4n) is 3.36. The Morgan fingerprint density at radius 3 is 2.53 bits per heavy atom. The molecule has 0 unspecified atom stereocenters. The first-order valence-corrected chi connectivity index (χ1v) is 10.2. The number of nitrogens with zero attached hydrogens (tertiary/aromatic N) is 1. The van der Waals surface area contributed by atoms with Gasteiger partial charge in [-0.15, -0.1) is 0 Å². The third-order valence-corrected chi connectivity index (χ3v) is 4.84. The number of aromatic nitrogens is 2. The number of fused-ring (bicyclic) bond motifs is 1. The molecule has 3 rings (SSSR count). The summed E-state index contributed by atoms with van der Waals surface area (Å²) in [6, 6.07) is 5.58. The largest absolute Gasteiger partial charge is 0.467 e. The van der Waals surface area contributed by atoms with E-state index < -0.39 is 35.0 Å². The molecule has 10 nitrogen and oxygen atoms in total. The molecule has 2 heterocycles. The monoisotopic (exact) mass is 445 g/mol. The van der Waals surface area contributed by atoms with E-state index in [1.54, 1.807) is 45.0 Å². The number of H-pyrrole nitrogens is 1. The molecule has 0 radical (unpaired) electrons. The second-order valence-electron chi connectivity index (χ2n) is 8.42. The lowest BCUT2D eigenvalue weighted by Gasteiger charge is -2.22. The molecule has 2 N–H and O–H groups in total. The summed E-state index contributed by atoms with van der Waals surface area (Å²) in [4.78, 5) is 52.3. The summed E-state index contributed by atoms with van der Waals surface area (Å²) in [5, 5.41) is 2.51. The zero-order valence-electron chi connectivity index (χ0n) is 18.5. The topological polar surface area (TPSA) is 129 Å². The van der Waals surface area contributed by atoms with Crippen molar-refractivity contribution in [2.75, 3.05) is 13.7 Å². The first kappa shape index (κ1) is 23.3. The summed E-state index contributed by atoms with van der Waals surface area (Å²) < 4.78 is 16.4. The lowest BCUT2D eigenvalue weighted by molar-refractivity contribution is -0.143. The average molecular weight is 445 g/mol. The standard InChI is InChI=1S/C22H27N3O7/c1-22(2,3)32-21(29)24-17(19(27)30-4)11-13-5-7-14(8-6-13)25-18(26)15-12-31-10-9-16(15)23-20(25)28/h5-8,17H,9-12H2,1-4H3,(H,23,28)(H,24,29)/t17-/m0/s1. The molecule has 1 atom stereocenters. The number of amides is 1. The number of alkyl carbamates (subject to hydrolysis) is 1. The van der Waals surface area contributed by atoms with Crippen LogP contribution in [0.2, 0.25) is 0 Å². The molecule has 172 valence electrons. The van der Waals surface area contributed by atoms with Crippen LogP contribution >= 0.6 is 0 Å². The zero-order valence-corrected chi connectivity index (χ0v) is 18.5. The van der Waals surface area contributed by atoms with Crippen molar-refractivity contribution in [3.8, 4) is 5.69 Å². The van der Waals surface area contributed by atoms with Gasteiger partial charge < -0.3 is 24.5 Å². The molecule has 1 aromatic carbocycles. The molecule has 0 spiro atoms. The van der Waals surface area contributed by atoms with Gasteiger partial charge in [0.25, 0.3) is 5.56 Å². The molecule has 1 aromatic heterocycles. The third-order valence-electron chi connectivity index (χ3n) is 4.84. The van der Waals surface area contributed by atoms with E-state index in [4.69, 9.17) is 14.2 Å². The molecule has 0 saturated heterocycles. The lowest BCUT2D eigenvalue weighted by Crippen LogP contribution is -2.45. The minimum absolute atomic E-state index is 0.134. The number of carbonyl (C=O) groups excluding carboxylic acids is 2. The van der Waals surface area contributed by atoms with E-state index in [0.29, 0.717) is 35.5 Å². The quantitative estimate of drug-likeness (QED) is 0.662. The Morgan fingerprint density at radius 1 is 1.22 bits per heavy atom.